The highest BCUT2D eigenvalue weighted by Crippen LogP contribution is 2.36. The van der Waals surface area contributed by atoms with Gasteiger partial charge in [0.1, 0.15) is 25.8 Å². The van der Waals surface area contributed by atoms with Crippen molar-refractivity contribution in [2.24, 2.45) is 0 Å². The van der Waals surface area contributed by atoms with Gasteiger partial charge in [0, 0.05) is 41.2 Å². The first-order valence-electron chi connectivity index (χ1n) is 14.7. The van der Waals surface area contributed by atoms with Gasteiger partial charge < -0.3 is 19.7 Å². The van der Waals surface area contributed by atoms with Crippen LogP contribution in [0.3, 0.4) is 0 Å². The Morgan fingerprint density at radius 3 is 2.13 bits per heavy atom. The molecule has 0 bridgehead atoms. The SMILES string of the molecule is CCNC(=O)C(Cc1ccccc1)N(Cc1c(Cl)cccc1Cl)C(=O)CN(c1ccc2c(c1)OCCO2)S(=O)(=O)c1ccccc1. The Kier molecular flexibility index (Phi) is 10.7. The number of anilines is 1. The third-order valence-electron chi connectivity index (χ3n) is 7.44. The molecule has 1 heterocycles. The summed E-state index contributed by atoms with van der Waals surface area (Å²) in [6.45, 7) is 1.98. The number of halogens is 2. The Hall–Kier alpha value is -4.25. The Labute approximate surface area is 278 Å². The topological polar surface area (TPSA) is 105 Å². The molecular formula is C34H33Cl2N3O6S. The average molecular weight is 683 g/mol. The number of benzene rings is 4. The number of nitrogens with one attached hydrogen (secondary N) is 1. The van der Waals surface area contributed by atoms with Gasteiger partial charge in [-0.25, -0.2) is 8.42 Å². The fraction of sp³-hybridized carbons (Fsp3) is 0.235. The summed E-state index contributed by atoms with van der Waals surface area (Å²) < 4.78 is 40.7. The number of carbonyl (C=O) groups is 2. The molecule has 1 atom stereocenters. The van der Waals surface area contributed by atoms with Crippen LogP contribution in [0.2, 0.25) is 10.0 Å². The molecule has 46 heavy (non-hydrogen) atoms. The van der Waals surface area contributed by atoms with E-state index in [1.165, 1.54) is 23.1 Å². The van der Waals surface area contributed by atoms with E-state index in [1.807, 2.05) is 30.3 Å². The van der Waals surface area contributed by atoms with E-state index in [9.17, 15) is 18.0 Å². The third kappa shape index (κ3) is 7.58. The maximum absolute atomic E-state index is 14.6. The van der Waals surface area contributed by atoms with E-state index in [0.29, 0.717) is 46.9 Å². The number of carbonyl (C=O) groups excluding carboxylic acids is 2. The smallest absolute Gasteiger partial charge is 0.264 e. The molecule has 1 N–H and O–H groups in total. The maximum Gasteiger partial charge on any atom is 0.264 e. The van der Waals surface area contributed by atoms with Crippen LogP contribution in [0.15, 0.2) is 102 Å². The van der Waals surface area contributed by atoms with E-state index in [-0.39, 0.29) is 23.5 Å². The van der Waals surface area contributed by atoms with Crippen LogP contribution in [-0.4, -0.2) is 57.5 Å². The minimum absolute atomic E-state index is 0.0112. The van der Waals surface area contributed by atoms with Gasteiger partial charge in [-0.1, -0.05) is 77.8 Å². The Morgan fingerprint density at radius 2 is 1.48 bits per heavy atom. The lowest BCUT2D eigenvalue weighted by atomic mass is 10.0. The van der Waals surface area contributed by atoms with Crippen LogP contribution in [0.25, 0.3) is 0 Å². The summed E-state index contributed by atoms with van der Waals surface area (Å²) >= 11 is 13.1. The largest absolute Gasteiger partial charge is 0.486 e. The molecule has 1 unspecified atom stereocenters. The predicted molar refractivity (Wildman–Crippen MR) is 178 cm³/mol. The third-order valence-corrected chi connectivity index (χ3v) is 9.93. The zero-order chi connectivity index (χ0) is 32.7. The number of amides is 2. The molecule has 0 aliphatic carbocycles. The zero-order valence-corrected chi connectivity index (χ0v) is 27.4. The van der Waals surface area contributed by atoms with E-state index in [2.05, 4.69) is 5.32 Å². The lowest BCUT2D eigenvalue weighted by Crippen LogP contribution is -2.53. The lowest BCUT2D eigenvalue weighted by Gasteiger charge is -2.34. The van der Waals surface area contributed by atoms with E-state index >= 15 is 0 Å². The van der Waals surface area contributed by atoms with Crippen LogP contribution in [0.4, 0.5) is 5.69 Å². The fourth-order valence-corrected chi connectivity index (χ4v) is 7.08. The molecule has 5 rings (SSSR count). The number of fused-ring (bicyclic) bond motifs is 1. The second-order valence-corrected chi connectivity index (χ2v) is 13.2. The van der Waals surface area contributed by atoms with Crippen LogP contribution < -0.4 is 19.1 Å². The molecule has 0 radical (unpaired) electrons. The van der Waals surface area contributed by atoms with Gasteiger partial charge in [-0.05, 0) is 48.9 Å². The molecule has 240 valence electrons. The van der Waals surface area contributed by atoms with Gasteiger partial charge in [0.25, 0.3) is 10.0 Å². The number of hydrogen-bond donors (Lipinski definition) is 1. The van der Waals surface area contributed by atoms with Gasteiger partial charge in [0.05, 0.1) is 10.6 Å². The van der Waals surface area contributed by atoms with E-state index in [1.54, 1.807) is 55.5 Å². The Morgan fingerprint density at radius 1 is 0.848 bits per heavy atom. The first-order valence-corrected chi connectivity index (χ1v) is 16.9. The second kappa shape index (κ2) is 14.9. The standard InChI is InChI=1S/C34H33Cl2N3O6S/c1-2-37-34(41)30(20-24-10-5-3-6-11-24)38(22-27-28(35)14-9-15-29(27)36)33(40)23-39(46(42,43)26-12-7-4-8-13-26)25-16-17-31-32(21-25)45-19-18-44-31/h3-17,21,30H,2,18-20,22-23H2,1H3,(H,37,41). The zero-order valence-electron chi connectivity index (χ0n) is 25.1. The summed E-state index contributed by atoms with van der Waals surface area (Å²) in [4.78, 5) is 29.5. The van der Waals surface area contributed by atoms with E-state index < -0.39 is 34.4 Å². The molecule has 4 aromatic rings. The van der Waals surface area contributed by atoms with Crippen molar-refractivity contribution in [2.45, 2.75) is 30.8 Å². The van der Waals surface area contributed by atoms with Crippen molar-refractivity contribution in [3.63, 3.8) is 0 Å². The summed E-state index contributed by atoms with van der Waals surface area (Å²) in [5.41, 5.74) is 1.43. The van der Waals surface area contributed by atoms with E-state index in [4.69, 9.17) is 32.7 Å². The highest BCUT2D eigenvalue weighted by molar-refractivity contribution is 7.92. The first-order chi connectivity index (χ1) is 22.2. The van der Waals surface area contributed by atoms with Crippen molar-refractivity contribution in [3.8, 4) is 11.5 Å². The Balaban J connectivity index is 1.60. The predicted octanol–water partition coefficient (Wildman–Crippen LogP) is 5.74. The molecule has 0 saturated carbocycles. The molecule has 12 heteroatoms. The van der Waals surface area contributed by atoms with Crippen molar-refractivity contribution in [2.75, 3.05) is 30.6 Å². The van der Waals surface area contributed by atoms with Gasteiger partial charge >= 0.3 is 0 Å². The number of nitrogens with zero attached hydrogens (tertiary/aromatic N) is 2. The van der Waals surface area contributed by atoms with Gasteiger partial charge in [-0.2, -0.15) is 0 Å². The van der Waals surface area contributed by atoms with E-state index in [0.717, 1.165) is 9.87 Å². The lowest BCUT2D eigenvalue weighted by molar-refractivity contribution is -0.140. The molecule has 1 aliphatic rings. The van der Waals surface area contributed by atoms with Gasteiger partial charge in [-0.15, -0.1) is 0 Å². The van der Waals surface area contributed by atoms with Crippen LogP contribution in [0.1, 0.15) is 18.1 Å². The van der Waals surface area contributed by atoms with Gasteiger partial charge in [-0.3, -0.25) is 13.9 Å². The quantitative estimate of drug-likeness (QED) is 0.205. The van der Waals surface area contributed by atoms with Gasteiger partial charge in [0.2, 0.25) is 11.8 Å². The van der Waals surface area contributed by atoms with Crippen molar-refractivity contribution >= 4 is 50.7 Å². The number of hydrogen-bond acceptors (Lipinski definition) is 6. The van der Waals surface area contributed by atoms with Crippen molar-refractivity contribution in [3.05, 3.63) is 118 Å². The number of rotatable bonds is 12. The monoisotopic (exact) mass is 681 g/mol. The molecule has 2 amide bonds. The van der Waals surface area contributed by atoms with Gasteiger partial charge in [0.15, 0.2) is 11.5 Å². The van der Waals surface area contributed by atoms with Crippen LogP contribution in [0, 0.1) is 0 Å². The maximum atomic E-state index is 14.6. The van der Waals surface area contributed by atoms with Crippen molar-refractivity contribution in [1.29, 1.82) is 0 Å². The minimum Gasteiger partial charge on any atom is -0.486 e. The molecule has 9 nitrogen and oxygen atoms in total. The second-order valence-electron chi connectivity index (χ2n) is 10.5. The van der Waals surface area contributed by atoms with Crippen molar-refractivity contribution in [1.82, 2.24) is 10.2 Å². The summed E-state index contributed by atoms with van der Waals surface area (Å²) in [5, 5.41) is 3.44. The fourth-order valence-electron chi connectivity index (χ4n) is 5.14. The van der Waals surface area contributed by atoms with Crippen LogP contribution in [0.5, 0.6) is 11.5 Å². The molecule has 0 spiro atoms. The Bertz CT molecular complexity index is 1770. The molecule has 4 aromatic carbocycles. The number of sulfonamides is 1. The molecule has 0 fully saturated rings. The summed E-state index contributed by atoms with van der Waals surface area (Å²) in [5.74, 6) is -0.224. The molecular weight excluding hydrogens is 649 g/mol. The first kappa shape index (κ1) is 33.1. The highest BCUT2D eigenvalue weighted by atomic mass is 35.5. The normalized spacial score (nSPS) is 13.0. The molecule has 1 aliphatic heterocycles. The summed E-state index contributed by atoms with van der Waals surface area (Å²) in [7, 11) is -4.28. The van der Waals surface area contributed by atoms with Crippen LogP contribution >= 0.6 is 23.2 Å². The average Bonchev–Trinajstić information content (AvgIpc) is 3.07. The molecule has 0 aromatic heterocycles. The number of ether oxygens (including phenoxy) is 2. The van der Waals surface area contributed by atoms with Crippen LogP contribution in [-0.2, 0) is 32.6 Å². The summed E-state index contributed by atoms with van der Waals surface area (Å²) in [6, 6.07) is 25.7. The molecule has 0 saturated heterocycles. The highest BCUT2D eigenvalue weighted by Gasteiger charge is 2.35. The number of likely N-dealkylation sites (N-methyl/N-ethyl adjacent to an activating group) is 1. The van der Waals surface area contributed by atoms with Crippen molar-refractivity contribution < 1.29 is 27.5 Å². The summed E-state index contributed by atoms with van der Waals surface area (Å²) in [6.07, 6.45) is 0.163. The minimum atomic E-state index is -4.28.